The van der Waals surface area contributed by atoms with Crippen LogP contribution in [-0.2, 0) is 17.6 Å². The number of hydrogen-bond donors (Lipinski definition) is 2. The Morgan fingerprint density at radius 2 is 1.76 bits per heavy atom. The van der Waals surface area contributed by atoms with Crippen molar-refractivity contribution in [2.45, 2.75) is 32.2 Å². The molecule has 2 rings (SSSR count). The summed E-state index contributed by atoms with van der Waals surface area (Å²) in [6, 6.07) is 18.6. The molecule has 2 aromatic rings. The second-order valence-corrected chi connectivity index (χ2v) is 5.37. The smallest absolute Gasteiger partial charge is 0.221 e. The van der Waals surface area contributed by atoms with Crippen molar-refractivity contribution in [1.82, 2.24) is 0 Å². The van der Waals surface area contributed by atoms with E-state index in [-0.39, 0.29) is 12.3 Å². The number of anilines is 1. The number of carbonyl (C=O) groups is 1. The van der Waals surface area contributed by atoms with Crippen LogP contribution >= 0.6 is 0 Å². The maximum absolute atomic E-state index is 11.1. The summed E-state index contributed by atoms with van der Waals surface area (Å²) in [6.07, 6.45) is 2.34. The monoisotopic (exact) mass is 282 g/mol. The lowest BCUT2D eigenvalue weighted by molar-refractivity contribution is -0.117. The van der Waals surface area contributed by atoms with Crippen LogP contribution in [0.2, 0.25) is 0 Å². The maximum Gasteiger partial charge on any atom is 0.221 e. The van der Waals surface area contributed by atoms with Gasteiger partial charge in [-0.15, -0.1) is 0 Å². The van der Waals surface area contributed by atoms with Crippen LogP contribution in [0.15, 0.2) is 54.6 Å². The fourth-order valence-corrected chi connectivity index (χ4v) is 2.37. The molecule has 0 aromatic heterocycles. The average molecular weight is 282 g/mol. The largest absolute Gasteiger partial charge is 0.382 e. The van der Waals surface area contributed by atoms with E-state index in [1.165, 1.54) is 5.56 Å². The van der Waals surface area contributed by atoms with E-state index in [1.807, 2.05) is 30.3 Å². The number of hydrogen-bond acceptors (Lipinski definition) is 2. The molecule has 1 unspecified atom stereocenters. The number of rotatable bonds is 7. The highest BCUT2D eigenvalue weighted by molar-refractivity contribution is 5.78. The predicted octanol–water partition coefficient (Wildman–Crippen LogP) is 3.15. The summed E-state index contributed by atoms with van der Waals surface area (Å²) in [4.78, 5) is 11.1. The van der Waals surface area contributed by atoms with E-state index < -0.39 is 0 Å². The Morgan fingerprint density at radius 1 is 1.10 bits per heavy atom. The first-order chi connectivity index (χ1) is 10.1. The van der Waals surface area contributed by atoms with E-state index >= 15 is 0 Å². The number of nitrogens with two attached hydrogens (primary N) is 1. The molecule has 0 saturated heterocycles. The van der Waals surface area contributed by atoms with Gasteiger partial charge in [-0.05, 0) is 37.0 Å². The van der Waals surface area contributed by atoms with Gasteiger partial charge in [-0.25, -0.2) is 0 Å². The van der Waals surface area contributed by atoms with Gasteiger partial charge in [0.1, 0.15) is 0 Å². The summed E-state index contributed by atoms with van der Waals surface area (Å²) in [6.45, 7) is 2.16. The van der Waals surface area contributed by atoms with Gasteiger partial charge in [-0.3, -0.25) is 4.79 Å². The zero-order valence-electron chi connectivity index (χ0n) is 12.4. The Hall–Kier alpha value is -2.29. The average Bonchev–Trinajstić information content (AvgIpc) is 2.48. The number of benzene rings is 2. The highest BCUT2D eigenvalue weighted by Crippen LogP contribution is 2.18. The van der Waals surface area contributed by atoms with Crippen LogP contribution in [0, 0.1) is 0 Å². The highest BCUT2D eigenvalue weighted by Gasteiger charge is 2.08. The van der Waals surface area contributed by atoms with Crippen LogP contribution < -0.4 is 11.1 Å². The van der Waals surface area contributed by atoms with Crippen molar-refractivity contribution in [2.24, 2.45) is 5.73 Å². The van der Waals surface area contributed by atoms with Crippen LogP contribution in [0.1, 0.15) is 24.5 Å². The number of primary amides is 1. The predicted molar refractivity (Wildman–Crippen MR) is 87.2 cm³/mol. The third kappa shape index (κ3) is 4.95. The van der Waals surface area contributed by atoms with Gasteiger partial charge in [-0.1, -0.05) is 48.5 Å². The molecule has 0 spiro atoms. The lowest BCUT2D eigenvalue weighted by atomic mass is 10.0. The molecule has 110 valence electrons. The molecule has 2 aromatic carbocycles. The van der Waals surface area contributed by atoms with Gasteiger partial charge in [0.2, 0.25) is 5.91 Å². The third-order valence-electron chi connectivity index (χ3n) is 3.49. The second kappa shape index (κ2) is 7.48. The quantitative estimate of drug-likeness (QED) is 0.819. The van der Waals surface area contributed by atoms with Crippen LogP contribution in [0.5, 0.6) is 0 Å². The number of aryl methyl sites for hydroxylation is 1. The molecule has 0 fully saturated rings. The second-order valence-electron chi connectivity index (χ2n) is 5.37. The third-order valence-corrected chi connectivity index (χ3v) is 3.49. The molecule has 21 heavy (non-hydrogen) atoms. The number of nitrogens with one attached hydrogen (secondary N) is 1. The van der Waals surface area contributed by atoms with Crippen molar-refractivity contribution in [3.05, 3.63) is 65.7 Å². The molecule has 0 aliphatic carbocycles. The zero-order chi connectivity index (χ0) is 15.1. The van der Waals surface area contributed by atoms with E-state index in [9.17, 15) is 4.79 Å². The van der Waals surface area contributed by atoms with Gasteiger partial charge >= 0.3 is 0 Å². The Labute approximate surface area is 126 Å². The normalized spacial score (nSPS) is 11.9. The highest BCUT2D eigenvalue weighted by atomic mass is 16.1. The van der Waals surface area contributed by atoms with Crippen LogP contribution in [0.3, 0.4) is 0 Å². The standard InChI is InChI=1S/C18H22N2O/c1-14(11-12-15-7-3-2-4-8-15)20-17-10-6-5-9-16(17)13-18(19)21/h2-10,14,20H,11-13H2,1H3,(H2,19,21). The van der Waals surface area contributed by atoms with Crippen LogP contribution in [0.4, 0.5) is 5.69 Å². The fraction of sp³-hybridized carbons (Fsp3) is 0.278. The van der Waals surface area contributed by atoms with E-state index in [1.54, 1.807) is 0 Å². The van der Waals surface area contributed by atoms with Gasteiger partial charge in [0.05, 0.1) is 6.42 Å². The van der Waals surface area contributed by atoms with E-state index in [2.05, 4.69) is 36.5 Å². The fourth-order valence-electron chi connectivity index (χ4n) is 2.37. The molecule has 3 N–H and O–H groups in total. The Kier molecular flexibility index (Phi) is 5.38. The van der Waals surface area contributed by atoms with E-state index in [0.717, 1.165) is 24.1 Å². The minimum Gasteiger partial charge on any atom is -0.382 e. The lowest BCUT2D eigenvalue weighted by Gasteiger charge is -2.18. The zero-order valence-corrected chi connectivity index (χ0v) is 12.4. The van der Waals surface area contributed by atoms with Crippen molar-refractivity contribution in [2.75, 3.05) is 5.32 Å². The molecular weight excluding hydrogens is 260 g/mol. The Balaban J connectivity index is 1.93. The summed E-state index contributed by atoms with van der Waals surface area (Å²) in [5.74, 6) is -0.304. The van der Waals surface area contributed by atoms with Crippen molar-refractivity contribution >= 4 is 11.6 Å². The van der Waals surface area contributed by atoms with E-state index in [4.69, 9.17) is 5.73 Å². The molecule has 0 radical (unpaired) electrons. The first-order valence-corrected chi connectivity index (χ1v) is 7.32. The van der Waals surface area contributed by atoms with Gasteiger partial charge in [0.15, 0.2) is 0 Å². The van der Waals surface area contributed by atoms with Crippen molar-refractivity contribution in [3.8, 4) is 0 Å². The van der Waals surface area contributed by atoms with Crippen LogP contribution in [-0.4, -0.2) is 11.9 Å². The lowest BCUT2D eigenvalue weighted by Crippen LogP contribution is -2.19. The molecule has 0 saturated carbocycles. The Bertz CT molecular complexity index is 581. The molecule has 3 heteroatoms. The number of para-hydroxylation sites is 1. The van der Waals surface area contributed by atoms with Crippen molar-refractivity contribution in [1.29, 1.82) is 0 Å². The summed E-state index contributed by atoms with van der Waals surface area (Å²) >= 11 is 0. The SMILES string of the molecule is CC(CCc1ccccc1)Nc1ccccc1CC(N)=O. The first kappa shape index (κ1) is 15.1. The molecular formula is C18H22N2O. The molecule has 0 aliphatic rings. The minimum atomic E-state index is -0.304. The van der Waals surface area contributed by atoms with Gasteiger partial charge in [0.25, 0.3) is 0 Å². The number of carbonyl (C=O) groups excluding carboxylic acids is 1. The summed E-state index contributed by atoms with van der Waals surface area (Å²) in [5.41, 5.74) is 8.59. The molecule has 0 heterocycles. The molecule has 1 amide bonds. The molecule has 3 nitrogen and oxygen atoms in total. The van der Waals surface area contributed by atoms with E-state index in [0.29, 0.717) is 6.04 Å². The summed E-state index contributed by atoms with van der Waals surface area (Å²) < 4.78 is 0. The van der Waals surface area contributed by atoms with Gasteiger partial charge < -0.3 is 11.1 Å². The summed E-state index contributed by atoms with van der Waals surface area (Å²) in [5, 5.41) is 3.48. The minimum absolute atomic E-state index is 0.272. The first-order valence-electron chi connectivity index (χ1n) is 7.32. The topological polar surface area (TPSA) is 55.1 Å². The molecule has 0 aliphatic heterocycles. The summed E-state index contributed by atoms with van der Waals surface area (Å²) in [7, 11) is 0. The van der Waals surface area contributed by atoms with Crippen LogP contribution in [0.25, 0.3) is 0 Å². The molecule has 0 bridgehead atoms. The van der Waals surface area contributed by atoms with Crippen molar-refractivity contribution < 1.29 is 4.79 Å². The molecule has 1 atom stereocenters. The Morgan fingerprint density at radius 3 is 2.48 bits per heavy atom. The maximum atomic E-state index is 11.1. The van der Waals surface area contributed by atoms with Gasteiger partial charge in [0, 0.05) is 11.7 Å². The number of amides is 1. The van der Waals surface area contributed by atoms with Crippen molar-refractivity contribution in [3.63, 3.8) is 0 Å². The van der Waals surface area contributed by atoms with Gasteiger partial charge in [-0.2, -0.15) is 0 Å².